The van der Waals surface area contributed by atoms with Crippen molar-refractivity contribution in [1.29, 1.82) is 0 Å². The van der Waals surface area contributed by atoms with Crippen LogP contribution < -0.4 is 5.56 Å². The number of likely N-dealkylation sites (tertiary alicyclic amines) is 1. The lowest BCUT2D eigenvalue weighted by Crippen LogP contribution is -2.44. The quantitative estimate of drug-likeness (QED) is 0.849. The average molecular weight is 282 g/mol. The number of benzene rings is 1. The first-order chi connectivity index (χ1) is 10.1. The molecule has 0 radical (unpaired) electrons. The van der Waals surface area contributed by atoms with E-state index in [1.165, 1.54) is 0 Å². The first kappa shape index (κ1) is 12.6. The maximum Gasteiger partial charge on any atom is 0.270 e. The zero-order valence-corrected chi connectivity index (χ0v) is 12.1. The van der Waals surface area contributed by atoms with E-state index >= 15 is 0 Å². The van der Waals surface area contributed by atoms with Crippen molar-refractivity contribution in [2.45, 2.75) is 32.2 Å². The summed E-state index contributed by atoms with van der Waals surface area (Å²) < 4.78 is 1.74. The number of aromatic nitrogens is 1. The summed E-state index contributed by atoms with van der Waals surface area (Å²) in [5, 5.41) is 1.59. The largest absolute Gasteiger partial charge is 0.337 e. The first-order valence-corrected chi connectivity index (χ1v) is 7.60. The summed E-state index contributed by atoms with van der Waals surface area (Å²) in [5.41, 5.74) is 1.63. The lowest BCUT2D eigenvalue weighted by Gasteiger charge is -2.31. The van der Waals surface area contributed by atoms with Crippen LogP contribution in [0.2, 0.25) is 0 Å². The summed E-state index contributed by atoms with van der Waals surface area (Å²) in [7, 11) is 0. The molecule has 2 aliphatic rings. The van der Waals surface area contributed by atoms with Gasteiger partial charge in [0.05, 0.1) is 0 Å². The lowest BCUT2D eigenvalue weighted by molar-refractivity contribution is 0.0639. The van der Waals surface area contributed by atoms with Gasteiger partial charge in [-0.15, -0.1) is 0 Å². The van der Waals surface area contributed by atoms with Crippen LogP contribution in [-0.4, -0.2) is 28.5 Å². The van der Waals surface area contributed by atoms with Crippen LogP contribution in [0.1, 0.15) is 41.4 Å². The van der Waals surface area contributed by atoms with Crippen molar-refractivity contribution in [2.75, 3.05) is 13.1 Å². The van der Waals surface area contributed by atoms with Gasteiger partial charge in [0.15, 0.2) is 0 Å². The third kappa shape index (κ3) is 1.97. The van der Waals surface area contributed by atoms with Crippen LogP contribution >= 0.6 is 0 Å². The minimum Gasteiger partial charge on any atom is -0.337 e. The van der Waals surface area contributed by atoms with Gasteiger partial charge in [0.25, 0.3) is 11.5 Å². The van der Waals surface area contributed by atoms with Crippen LogP contribution in [0, 0.1) is 6.92 Å². The third-order valence-electron chi connectivity index (χ3n) is 4.48. The zero-order chi connectivity index (χ0) is 14.6. The van der Waals surface area contributed by atoms with Crippen molar-refractivity contribution in [2.24, 2.45) is 0 Å². The molecule has 2 aromatic rings. The Hall–Kier alpha value is -2.10. The van der Waals surface area contributed by atoms with E-state index in [0.717, 1.165) is 48.7 Å². The second kappa shape index (κ2) is 4.45. The second-order valence-corrected chi connectivity index (χ2v) is 6.17. The molecule has 0 unspecified atom stereocenters. The van der Waals surface area contributed by atoms with E-state index in [4.69, 9.17) is 0 Å². The van der Waals surface area contributed by atoms with Crippen molar-refractivity contribution in [3.63, 3.8) is 0 Å². The van der Waals surface area contributed by atoms with Gasteiger partial charge in [-0.3, -0.25) is 9.59 Å². The number of fused-ring (bicyclic) bond motifs is 1. The Kier molecular flexibility index (Phi) is 2.67. The molecule has 1 saturated heterocycles. The van der Waals surface area contributed by atoms with Crippen molar-refractivity contribution in [3.05, 3.63) is 45.9 Å². The summed E-state index contributed by atoms with van der Waals surface area (Å²) in [6.07, 6.45) is 3.06. The molecule has 2 fully saturated rings. The molecule has 0 spiro atoms. The van der Waals surface area contributed by atoms with Gasteiger partial charge in [-0.25, -0.2) is 0 Å². The molecule has 0 atom stereocenters. The fourth-order valence-corrected chi connectivity index (χ4v) is 2.98. The van der Waals surface area contributed by atoms with Crippen LogP contribution in [0.4, 0.5) is 0 Å². The van der Waals surface area contributed by atoms with Gasteiger partial charge in [0.2, 0.25) is 0 Å². The van der Waals surface area contributed by atoms with Crippen molar-refractivity contribution in [3.8, 4) is 0 Å². The Morgan fingerprint density at radius 3 is 2.57 bits per heavy atom. The molecule has 1 aromatic carbocycles. The number of pyridine rings is 1. The number of hydrogen-bond acceptors (Lipinski definition) is 2. The van der Waals surface area contributed by atoms with Gasteiger partial charge < -0.3 is 9.47 Å². The fourth-order valence-electron chi connectivity index (χ4n) is 2.98. The maximum atomic E-state index is 12.8. The van der Waals surface area contributed by atoms with E-state index < -0.39 is 0 Å². The molecule has 4 nitrogen and oxygen atoms in total. The SMILES string of the molecule is Cc1ccc2cc(C(=O)N3CCC3)n(C3CC3)c(=O)c2c1. The van der Waals surface area contributed by atoms with Crippen LogP contribution in [0.3, 0.4) is 0 Å². The Morgan fingerprint density at radius 2 is 1.95 bits per heavy atom. The van der Waals surface area contributed by atoms with Crippen LogP contribution in [0.15, 0.2) is 29.1 Å². The summed E-state index contributed by atoms with van der Waals surface area (Å²) >= 11 is 0. The van der Waals surface area contributed by atoms with E-state index in [9.17, 15) is 9.59 Å². The highest BCUT2D eigenvalue weighted by Crippen LogP contribution is 2.35. The lowest BCUT2D eigenvalue weighted by atomic mass is 10.1. The Bertz CT molecular complexity index is 798. The molecule has 1 aliphatic heterocycles. The number of hydrogen-bond donors (Lipinski definition) is 0. The summed E-state index contributed by atoms with van der Waals surface area (Å²) in [5.74, 6) is 0.00715. The highest BCUT2D eigenvalue weighted by molar-refractivity contribution is 5.97. The maximum absolute atomic E-state index is 12.8. The molecule has 1 aliphatic carbocycles. The average Bonchev–Trinajstić information content (AvgIpc) is 3.21. The monoisotopic (exact) mass is 282 g/mol. The van der Waals surface area contributed by atoms with E-state index in [-0.39, 0.29) is 17.5 Å². The standard InChI is InChI=1S/C17H18N2O2/c1-11-3-4-12-10-15(17(21)18-7-2-8-18)19(13-5-6-13)16(20)14(12)9-11/h3-4,9-10,13H,2,5-8H2,1H3. The molecule has 2 heterocycles. The molecule has 21 heavy (non-hydrogen) atoms. The number of aryl methyl sites for hydroxylation is 1. The van der Waals surface area contributed by atoms with Crippen LogP contribution in [-0.2, 0) is 0 Å². The fraction of sp³-hybridized carbons (Fsp3) is 0.412. The molecule has 1 amide bonds. The van der Waals surface area contributed by atoms with Gasteiger partial charge in [0, 0.05) is 24.5 Å². The van der Waals surface area contributed by atoms with Crippen LogP contribution in [0.5, 0.6) is 0 Å². The Morgan fingerprint density at radius 1 is 1.19 bits per heavy atom. The van der Waals surface area contributed by atoms with E-state index in [2.05, 4.69) is 0 Å². The van der Waals surface area contributed by atoms with Crippen LogP contribution in [0.25, 0.3) is 10.8 Å². The molecule has 1 saturated carbocycles. The Labute approximate surface area is 123 Å². The van der Waals surface area contributed by atoms with Gasteiger partial charge in [-0.2, -0.15) is 0 Å². The molecular formula is C17H18N2O2. The summed E-state index contributed by atoms with van der Waals surface area (Å²) in [6, 6.07) is 7.96. The van der Waals surface area contributed by atoms with Gasteiger partial charge in [0.1, 0.15) is 5.69 Å². The minimum atomic E-state index is -0.0115. The molecule has 0 N–H and O–H groups in total. The molecule has 4 rings (SSSR count). The summed E-state index contributed by atoms with van der Waals surface area (Å²) in [4.78, 5) is 27.2. The highest BCUT2D eigenvalue weighted by Gasteiger charge is 2.32. The van der Waals surface area contributed by atoms with E-state index in [1.54, 1.807) is 4.57 Å². The number of nitrogens with zero attached hydrogens (tertiary/aromatic N) is 2. The van der Waals surface area contributed by atoms with E-state index in [1.807, 2.05) is 36.1 Å². The Balaban J connectivity index is 1.96. The van der Waals surface area contributed by atoms with Gasteiger partial charge >= 0.3 is 0 Å². The highest BCUT2D eigenvalue weighted by atomic mass is 16.2. The van der Waals surface area contributed by atoms with Crippen molar-refractivity contribution < 1.29 is 4.79 Å². The summed E-state index contributed by atoms with van der Waals surface area (Å²) in [6.45, 7) is 3.60. The number of amides is 1. The number of carbonyl (C=O) groups excluding carboxylic acids is 1. The third-order valence-corrected chi connectivity index (χ3v) is 4.48. The number of rotatable bonds is 2. The molecule has 0 bridgehead atoms. The molecule has 1 aromatic heterocycles. The molecular weight excluding hydrogens is 264 g/mol. The second-order valence-electron chi connectivity index (χ2n) is 6.17. The van der Waals surface area contributed by atoms with Gasteiger partial charge in [-0.1, -0.05) is 17.7 Å². The molecule has 108 valence electrons. The smallest absolute Gasteiger partial charge is 0.270 e. The minimum absolute atomic E-state index is 0.00715. The molecule has 4 heteroatoms. The van der Waals surface area contributed by atoms with Crippen molar-refractivity contribution >= 4 is 16.7 Å². The zero-order valence-electron chi connectivity index (χ0n) is 12.1. The topological polar surface area (TPSA) is 42.3 Å². The van der Waals surface area contributed by atoms with Gasteiger partial charge in [-0.05, 0) is 43.7 Å². The normalized spacial score (nSPS) is 17.9. The first-order valence-electron chi connectivity index (χ1n) is 7.60. The van der Waals surface area contributed by atoms with Crippen molar-refractivity contribution in [1.82, 2.24) is 9.47 Å². The number of carbonyl (C=O) groups is 1. The van der Waals surface area contributed by atoms with E-state index in [0.29, 0.717) is 5.69 Å². The predicted molar refractivity (Wildman–Crippen MR) is 81.7 cm³/mol. The predicted octanol–water partition coefficient (Wildman–Crippen LogP) is 2.49.